The summed E-state index contributed by atoms with van der Waals surface area (Å²) in [6, 6.07) is 7.48. The molecule has 1 heterocycles. The van der Waals surface area contributed by atoms with Crippen LogP contribution in [-0.4, -0.2) is 43.7 Å². The first kappa shape index (κ1) is 14.8. The molecule has 1 unspecified atom stereocenters. The van der Waals surface area contributed by atoms with Gasteiger partial charge in [0.2, 0.25) is 5.91 Å². The third kappa shape index (κ3) is 3.70. The van der Waals surface area contributed by atoms with Crippen LogP contribution in [0.25, 0.3) is 0 Å². The van der Waals surface area contributed by atoms with E-state index in [9.17, 15) is 9.18 Å². The molecule has 1 atom stereocenters. The Kier molecular flexibility index (Phi) is 5.35. The first-order valence-electron chi connectivity index (χ1n) is 6.93. The molecule has 4 nitrogen and oxygen atoms in total. The summed E-state index contributed by atoms with van der Waals surface area (Å²) in [5.74, 6) is 0.687. The van der Waals surface area contributed by atoms with Crippen LogP contribution in [-0.2, 0) is 11.3 Å². The highest BCUT2D eigenvalue weighted by Gasteiger charge is 2.25. The predicted octanol–water partition coefficient (Wildman–Crippen LogP) is 1.75. The van der Waals surface area contributed by atoms with Crippen LogP contribution in [0.4, 0.5) is 4.39 Å². The molecule has 1 amide bonds. The molecule has 0 spiro atoms. The van der Waals surface area contributed by atoms with E-state index in [1.165, 1.54) is 0 Å². The summed E-state index contributed by atoms with van der Waals surface area (Å²) in [6.07, 6.45) is 1.81. The van der Waals surface area contributed by atoms with E-state index in [4.69, 9.17) is 4.74 Å². The van der Waals surface area contributed by atoms with Crippen LogP contribution >= 0.6 is 0 Å². The number of nitrogens with one attached hydrogen (secondary N) is 1. The Labute approximate surface area is 118 Å². The Balaban J connectivity index is 1.83. The smallest absolute Gasteiger partial charge is 0.234 e. The second-order valence-electron chi connectivity index (χ2n) is 5.01. The average molecular weight is 280 g/mol. The van der Waals surface area contributed by atoms with E-state index in [2.05, 4.69) is 5.32 Å². The summed E-state index contributed by atoms with van der Waals surface area (Å²) < 4.78 is 18.0. The van der Waals surface area contributed by atoms with Crippen molar-refractivity contribution in [2.75, 3.05) is 26.9 Å². The van der Waals surface area contributed by atoms with E-state index in [0.29, 0.717) is 6.54 Å². The third-order valence-corrected chi connectivity index (χ3v) is 3.69. The Hall–Kier alpha value is -1.62. The second-order valence-corrected chi connectivity index (χ2v) is 5.01. The average Bonchev–Trinajstić information content (AvgIpc) is 2.92. The lowest BCUT2D eigenvalue weighted by Crippen LogP contribution is -2.40. The highest BCUT2D eigenvalue weighted by molar-refractivity contribution is 5.78. The van der Waals surface area contributed by atoms with Gasteiger partial charge < -0.3 is 10.1 Å². The van der Waals surface area contributed by atoms with Gasteiger partial charge in [-0.1, -0.05) is 18.2 Å². The summed E-state index contributed by atoms with van der Waals surface area (Å²) in [6.45, 7) is 1.12. The van der Waals surface area contributed by atoms with Crippen LogP contribution in [0.1, 0.15) is 18.4 Å². The van der Waals surface area contributed by atoms with Gasteiger partial charge in [0.05, 0.1) is 13.7 Å². The van der Waals surface area contributed by atoms with E-state index in [1.54, 1.807) is 7.11 Å². The van der Waals surface area contributed by atoms with Crippen molar-refractivity contribution < 1.29 is 13.9 Å². The number of para-hydroxylation sites is 1. The van der Waals surface area contributed by atoms with Crippen LogP contribution in [0.15, 0.2) is 24.3 Å². The lowest BCUT2D eigenvalue weighted by Gasteiger charge is -2.21. The number of methoxy groups -OCH3 is 1. The molecule has 1 saturated heterocycles. The zero-order valence-electron chi connectivity index (χ0n) is 11.8. The molecular formula is C15H21FN2O2. The summed E-state index contributed by atoms with van der Waals surface area (Å²) >= 11 is 0. The molecule has 20 heavy (non-hydrogen) atoms. The zero-order chi connectivity index (χ0) is 14.4. The number of alkyl halides is 1. The molecule has 1 aliphatic rings. The van der Waals surface area contributed by atoms with Crippen LogP contribution < -0.4 is 10.1 Å². The minimum Gasteiger partial charge on any atom is -0.496 e. The number of halogens is 1. The molecule has 0 aliphatic carbocycles. The number of carbonyl (C=O) groups is 1. The maximum Gasteiger partial charge on any atom is 0.234 e. The highest BCUT2D eigenvalue weighted by Crippen LogP contribution is 2.18. The number of carbonyl (C=O) groups excluding carboxylic acids is 1. The van der Waals surface area contributed by atoms with Crippen molar-refractivity contribution in [3.63, 3.8) is 0 Å². The third-order valence-electron chi connectivity index (χ3n) is 3.69. The van der Waals surface area contributed by atoms with Gasteiger partial charge in [0.25, 0.3) is 0 Å². The van der Waals surface area contributed by atoms with E-state index in [1.807, 2.05) is 29.2 Å². The van der Waals surface area contributed by atoms with E-state index in [-0.39, 0.29) is 25.2 Å². The monoisotopic (exact) mass is 280 g/mol. The van der Waals surface area contributed by atoms with Gasteiger partial charge in [0, 0.05) is 18.2 Å². The molecule has 0 bridgehead atoms. The van der Waals surface area contributed by atoms with Gasteiger partial charge >= 0.3 is 0 Å². The molecule has 110 valence electrons. The van der Waals surface area contributed by atoms with E-state index in [0.717, 1.165) is 30.7 Å². The first-order chi connectivity index (χ1) is 9.74. The van der Waals surface area contributed by atoms with Gasteiger partial charge in [-0.2, -0.15) is 0 Å². The molecule has 5 heteroatoms. The molecule has 1 aromatic rings. The predicted molar refractivity (Wildman–Crippen MR) is 75.4 cm³/mol. The zero-order valence-corrected chi connectivity index (χ0v) is 11.8. The Morgan fingerprint density at radius 1 is 1.50 bits per heavy atom. The van der Waals surface area contributed by atoms with Crippen molar-refractivity contribution in [3.05, 3.63) is 29.8 Å². The van der Waals surface area contributed by atoms with Crippen molar-refractivity contribution >= 4 is 5.91 Å². The molecule has 1 aromatic carbocycles. The number of likely N-dealkylation sites (tertiary alicyclic amines) is 1. The van der Waals surface area contributed by atoms with Gasteiger partial charge in [0.15, 0.2) is 0 Å². The van der Waals surface area contributed by atoms with Gasteiger partial charge in [0.1, 0.15) is 12.4 Å². The first-order valence-corrected chi connectivity index (χ1v) is 6.93. The fourth-order valence-electron chi connectivity index (χ4n) is 2.56. The van der Waals surface area contributed by atoms with Crippen LogP contribution in [0.5, 0.6) is 5.75 Å². The van der Waals surface area contributed by atoms with Gasteiger partial charge in [-0.15, -0.1) is 0 Å². The number of benzene rings is 1. The van der Waals surface area contributed by atoms with Crippen molar-refractivity contribution in [1.29, 1.82) is 0 Å². The highest BCUT2D eigenvalue weighted by atomic mass is 19.1. The van der Waals surface area contributed by atoms with Crippen LogP contribution in [0, 0.1) is 0 Å². The maximum absolute atomic E-state index is 12.8. The fourth-order valence-corrected chi connectivity index (χ4v) is 2.56. The summed E-state index contributed by atoms with van der Waals surface area (Å²) in [4.78, 5) is 13.8. The number of hydrogen-bond donors (Lipinski definition) is 1. The lowest BCUT2D eigenvalue weighted by atomic mass is 10.2. The minimum atomic E-state index is -0.375. The molecule has 0 radical (unpaired) electrons. The van der Waals surface area contributed by atoms with Gasteiger partial charge in [-0.25, -0.2) is 4.39 Å². The molecule has 1 aliphatic heterocycles. The summed E-state index contributed by atoms with van der Waals surface area (Å²) in [7, 11) is 1.61. The van der Waals surface area contributed by atoms with Gasteiger partial charge in [-0.3, -0.25) is 9.69 Å². The number of amides is 1. The maximum atomic E-state index is 12.8. The molecule has 0 saturated carbocycles. The molecule has 2 rings (SSSR count). The SMILES string of the molecule is COc1ccccc1CNC(=O)CN1CCCC1CF. The van der Waals surface area contributed by atoms with Crippen LogP contribution in [0.2, 0.25) is 0 Å². The summed E-state index contributed by atoms with van der Waals surface area (Å²) in [5, 5.41) is 2.86. The van der Waals surface area contributed by atoms with Crippen molar-refractivity contribution in [2.24, 2.45) is 0 Å². The van der Waals surface area contributed by atoms with Crippen LogP contribution in [0.3, 0.4) is 0 Å². The molecule has 1 fully saturated rings. The van der Waals surface area contributed by atoms with Crippen molar-refractivity contribution in [3.8, 4) is 5.75 Å². The number of ether oxygens (including phenoxy) is 1. The number of hydrogen-bond acceptors (Lipinski definition) is 3. The largest absolute Gasteiger partial charge is 0.496 e. The number of nitrogens with zero attached hydrogens (tertiary/aromatic N) is 1. The quantitative estimate of drug-likeness (QED) is 0.863. The topological polar surface area (TPSA) is 41.6 Å². The standard InChI is InChI=1S/C15H21FN2O2/c1-20-14-7-3-2-5-12(14)10-17-15(19)11-18-8-4-6-13(18)9-16/h2-3,5,7,13H,4,6,8-11H2,1H3,(H,17,19). The molecule has 0 aromatic heterocycles. The summed E-state index contributed by atoms with van der Waals surface area (Å²) in [5.41, 5.74) is 0.937. The Bertz CT molecular complexity index is 453. The van der Waals surface area contributed by atoms with Crippen molar-refractivity contribution in [1.82, 2.24) is 10.2 Å². The Morgan fingerprint density at radius 3 is 3.05 bits per heavy atom. The normalized spacial score (nSPS) is 19.0. The fraction of sp³-hybridized carbons (Fsp3) is 0.533. The van der Waals surface area contributed by atoms with Crippen molar-refractivity contribution in [2.45, 2.75) is 25.4 Å². The van der Waals surface area contributed by atoms with E-state index < -0.39 is 0 Å². The molecule has 1 N–H and O–H groups in total. The van der Waals surface area contributed by atoms with Gasteiger partial charge in [-0.05, 0) is 25.5 Å². The van der Waals surface area contributed by atoms with E-state index >= 15 is 0 Å². The second kappa shape index (κ2) is 7.24. The number of rotatable bonds is 6. The Morgan fingerprint density at radius 2 is 2.30 bits per heavy atom. The molecular weight excluding hydrogens is 259 g/mol. The minimum absolute atomic E-state index is 0.0729. The lowest BCUT2D eigenvalue weighted by molar-refractivity contribution is -0.122.